The molecule has 0 radical (unpaired) electrons. The van der Waals surface area contributed by atoms with E-state index in [0.717, 1.165) is 48.6 Å². The number of piperidine rings is 1. The summed E-state index contributed by atoms with van der Waals surface area (Å²) in [7, 11) is 2.00. The molecular formula is C20H22ClN5OS. The normalized spacial score (nSPS) is 15.1. The van der Waals surface area contributed by atoms with Gasteiger partial charge in [-0.15, -0.1) is 11.3 Å². The first-order valence-electron chi connectivity index (χ1n) is 9.33. The lowest BCUT2D eigenvalue weighted by Gasteiger charge is -2.34. The van der Waals surface area contributed by atoms with Gasteiger partial charge in [0.15, 0.2) is 0 Å². The van der Waals surface area contributed by atoms with Crippen LogP contribution < -0.4 is 15.5 Å². The minimum atomic E-state index is -0.182. The fourth-order valence-corrected chi connectivity index (χ4v) is 4.72. The van der Waals surface area contributed by atoms with Gasteiger partial charge in [-0.05, 0) is 50.6 Å². The molecule has 2 aromatic heterocycles. The standard InChI is InChI=1S/C20H22ClN5OS/c1-22-9-13-4-6-26(7-5-13)17-3-2-14(21)8-16(17)25-20(27)15-11-28-18-10-23-12-24-19(15)18/h2-3,8,10-13,22H,4-7,9H2,1H3,(H,25,27). The summed E-state index contributed by atoms with van der Waals surface area (Å²) in [6.07, 6.45) is 5.45. The van der Waals surface area contributed by atoms with E-state index in [4.69, 9.17) is 11.6 Å². The number of halogens is 1. The molecule has 0 saturated carbocycles. The second-order valence-electron chi connectivity index (χ2n) is 6.99. The fraction of sp³-hybridized carbons (Fsp3) is 0.350. The smallest absolute Gasteiger partial charge is 0.258 e. The van der Waals surface area contributed by atoms with Gasteiger partial charge >= 0.3 is 0 Å². The molecule has 0 unspecified atom stereocenters. The first kappa shape index (κ1) is 19.1. The van der Waals surface area contributed by atoms with Gasteiger partial charge in [0.05, 0.1) is 27.2 Å². The van der Waals surface area contributed by atoms with E-state index in [0.29, 0.717) is 22.0 Å². The Labute approximate surface area is 172 Å². The molecule has 6 nitrogen and oxygen atoms in total. The molecule has 0 aliphatic carbocycles. The zero-order valence-corrected chi connectivity index (χ0v) is 17.2. The lowest BCUT2D eigenvalue weighted by molar-refractivity contribution is 0.102. The minimum Gasteiger partial charge on any atom is -0.370 e. The van der Waals surface area contributed by atoms with Crippen molar-refractivity contribution < 1.29 is 4.79 Å². The lowest BCUT2D eigenvalue weighted by atomic mass is 9.96. The first-order chi connectivity index (χ1) is 13.7. The van der Waals surface area contributed by atoms with Gasteiger partial charge in [-0.1, -0.05) is 11.6 Å². The molecule has 1 amide bonds. The molecule has 146 valence electrons. The van der Waals surface area contributed by atoms with Crippen LogP contribution in [0.1, 0.15) is 23.2 Å². The van der Waals surface area contributed by atoms with Crippen LogP contribution in [0.15, 0.2) is 36.1 Å². The quantitative estimate of drug-likeness (QED) is 0.658. The Bertz CT molecular complexity index is 984. The predicted octanol–water partition coefficient (Wildman–Crippen LogP) is 4.03. The molecule has 0 bridgehead atoms. The molecule has 3 heterocycles. The van der Waals surface area contributed by atoms with Crippen LogP contribution in [0.2, 0.25) is 5.02 Å². The number of thiophene rings is 1. The van der Waals surface area contributed by atoms with E-state index in [2.05, 4.69) is 25.5 Å². The summed E-state index contributed by atoms with van der Waals surface area (Å²) in [4.78, 5) is 23.5. The molecule has 1 saturated heterocycles. The molecule has 1 fully saturated rings. The van der Waals surface area contributed by atoms with Crippen molar-refractivity contribution in [2.75, 3.05) is 36.9 Å². The molecule has 0 atom stereocenters. The largest absolute Gasteiger partial charge is 0.370 e. The minimum absolute atomic E-state index is 0.182. The Morgan fingerprint density at radius 2 is 2.18 bits per heavy atom. The number of nitrogens with one attached hydrogen (secondary N) is 2. The van der Waals surface area contributed by atoms with Crippen LogP contribution in [-0.2, 0) is 0 Å². The molecule has 8 heteroatoms. The number of rotatable bonds is 5. The number of hydrogen-bond donors (Lipinski definition) is 2. The number of nitrogens with zero attached hydrogens (tertiary/aromatic N) is 3. The first-order valence-corrected chi connectivity index (χ1v) is 10.6. The number of benzene rings is 1. The van der Waals surface area contributed by atoms with Crippen LogP contribution in [-0.4, -0.2) is 42.6 Å². The number of carbonyl (C=O) groups excluding carboxylic acids is 1. The van der Waals surface area contributed by atoms with Crippen molar-refractivity contribution >= 4 is 50.4 Å². The summed E-state index contributed by atoms with van der Waals surface area (Å²) in [5.41, 5.74) is 2.97. The molecule has 2 N–H and O–H groups in total. The van der Waals surface area contributed by atoms with E-state index >= 15 is 0 Å². The highest BCUT2D eigenvalue weighted by Crippen LogP contribution is 2.33. The molecule has 28 heavy (non-hydrogen) atoms. The topological polar surface area (TPSA) is 70.2 Å². The van der Waals surface area contributed by atoms with Crippen LogP contribution in [0.4, 0.5) is 11.4 Å². The van der Waals surface area contributed by atoms with E-state index in [1.807, 2.05) is 30.6 Å². The summed E-state index contributed by atoms with van der Waals surface area (Å²) in [6, 6.07) is 5.68. The predicted molar refractivity (Wildman–Crippen MR) is 116 cm³/mol. The number of fused-ring (bicyclic) bond motifs is 1. The van der Waals surface area contributed by atoms with E-state index < -0.39 is 0 Å². The Morgan fingerprint density at radius 3 is 2.96 bits per heavy atom. The number of carbonyl (C=O) groups is 1. The molecule has 1 aliphatic rings. The highest BCUT2D eigenvalue weighted by atomic mass is 35.5. The SMILES string of the molecule is CNCC1CCN(c2ccc(Cl)cc2NC(=O)c2csc3cncnc23)CC1. The average molecular weight is 416 g/mol. The third kappa shape index (κ3) is 3.97. The van der Waals surface area contributed by atoms with Gasteiger partial charge in [0, 0.05) is 29.7 Å². The number of aromatic nitrogens is 2. The van der Waals surface area contributed by atoms with Gasteiger partial charge < -0.3 is 15.5 Å². The Hall–Kier alpha value is -2.22. The van der Waals surface area contributed by atoms with Crippen LogP contribution >= 0.6 is 22.9 Å². The number of amides is 1. The van der Waals surface area contributed by atoms with Gasteiger partial charge in [-0.3, -0.25) is 4.79 Å². The van der Waals surface area contributed by atoms with E-state index in [1.54, 1.807) is 6.20 Å². The zero-order valence-electron chi connectivity index (χ0n) is 15.6. The third-order valence-electron chi connectivity index (χ3n) is 5.14. The highest BCUT2D eigenvalue weighted by Gasteiger charge is 2.22. The lowest BCUT2D eigenvalue weighted by Crippen LogP contribution is -2.37. The highest BCUT2D eigenvalue weighted by molar-refractivity contribution is 7.17. The Balaban J connectivity index is 1.56. The molecule has 1 aromatic carbocycles. The third-order valence-corrected chi connectivity index (χ3v) is 6.28. The maximum absolute atomic E-state index is 12.9. The van der Waals surface area contributed by atoms with Crippen LogP contribution in [0, 0.1) is 5.92 Å². The number of anilines is 2. The van der Waals surface area contributed by atoms with Crippen molar-refractivity contribution in [3.8, 4) is 0 Å². The van der Waals surface area contributed by atoms with Crippen LogP contribution in [0.25, 0.3) is 10.2 Å². The van der Waals surface area contributed by atoms with Crippen molar-refractivity contribution in [1.82, 2.24) is 15.3 Å². The second kappa shape index (κ2) is 8.43. The van der Waals surface area contributed by atoms with Crippen LogP contribution in [0.5, 0.6) is 0 Å². The van der Waals surface area contributed by atoms with E-state index in [1.165, 1.54) is 17.7 Å². The average Bonchev–Trinajstić information content (AvgIpc) is 3.13. The van der Waals surface area contributed by atoms with Gasteiger partial charge in [0.25, 0.3) is 5.91 Å². The van der Waals surface area contributed by atoms with Gasteiger partial charge in [-0.25, -0.2) is 9.97 Å². The van der Waals surface area contributed by atoms with Gasteiger partial charge in [0.1, 0.15) is 6.33 Å². The van der Waals surface area contributed by atoms with Crippen molar-refractivity contribution in [3.63, 3.8) is 0 Å². The molecule has 0 spiro atoms. The van der Waals surface area contributed by atoms with E-state index in [9.17, 15) is 4.79 Å². The van der Waals surface area contributed by atoms with Crippen molar-refractivity contribution in [3.05, 3.63) is 46.7 Å². The second-order valence-corrected chi connectivity index (χ2v) is 8.34. The van der Waals surface area contributed by atoms with Gasteiger partial charge in [0.2, 0.25) is 0 Å². The van der Waals surface area contributed by atoms with Crippen molar-refractivity contribution in [2.45, 2.75) is 12.8 Å². The molecule has 3 aromatic rings. The Morgan fingerprint density at radius 1 is 1.36 bits per heavy atom. The van der Waals surface area contributed by atoms with Crippen molar-refractivity contribution in [1.29, 1.82) is 0 Å². The maximum atomic E-state index is 12.9. The summed E-state index contributed by atoms with van der Waals surface area (Å²) >= 11 is 7.69. The zero-order chi connectivity index (χ0) is 19.5. The van der Waals surface area contributed by atoms with Crippen LogP contribution in [0.3, 0.4) is 0 Å². The van der Waals surface area contributed by atoms with E-state index in [-0.39, 0.29) is 5.91 Å². The molecule has 4 rings (SSSR count). The summed E-state index contributed by atoms with van der Waals surface area (Å²) in [6.45, 7) is 2.97. The fourth-order valence-electron chi connectivity index (χ4n) is 3.69. The Kier molecular flexibility index (Phi) is 5.75. The van der Waals surface area contributed by atoms with Gasteiger partial charge in [-0.2, -0.15) is 0 Å². The number of hydrogen-bond acceptors (Lipinski definition) is 6. The molecular weight excluding hydrogens is 394 g/mol. The van der Waals surface area contributed by atoms with Crippen molar-refractivity contribution in [2.24, 2.45) is 5.92 Å². The summed E-state index contributed by atoms with van der Waals surface area (Å²) < 4.78 is 0.894. The maximum Gasteiger partial charge on any atom is 0.258 e. The monoisotopic (exact) mass is 415 g/mol. The molecule has 1 aliphatic heterocycles. The summed E-state index contributed by atoms with van der Waals surface area (Å²) in [5.74, 6) is 0.516. The summed E-state index contributed by atoms with van der Waals surface area (Å²) in [5, 5.41) is 8.73.